The van der Waals surface area contributed by atoms with Gasteiger partial charge in [-0.2, -0.15) is 0 Å². The van der Waals surface area contributed by atoms with Crippen LogP contribution in [-0.4, -0.2) is 350 Å². The topological polar surface area (TPSA) is 605 Å². The molecule has 18 N–H and O–H groups in total. The summed E-state index contributed by atoms with van der Waals surface area (Å²) in [5.41, 5.74) is 0. The Hall–Kier alpha value is -5.19. The van der Waals surface area contributed by atoms with Crippen LogP contribution in [0.1, 0.15) is 182 Å². The summed E-state index contributed by atoms with van der Waals surface area (Å²) in [6.45, 7) is 3.45. The largest absolute Gasteiger partial charge is 0.472 e. The first-order valence-corrected chi connectivity index (χ1v) is 43.8. The van der Waals surface area contributed by atoms with Crippen LogP contribution in [0.15, 0.2) is 0 Å². The minimum Gasteiger partial charge on any atom is -0.394 e. The fourth-order valence-corrected chi connectivity index (χ4v) is 16.9. The molecule has 0 aromatic heterocycles. The van der Waals surface area contributed by atoms with Crippen molar-refractivity contribution in [1.29, 1.82) is 0 Å². The monoisotopic (exact) mass is 1720 g/mol. The number of likely N-dealkylation sites (tertiary alicyclic amines) is 3. The van der Waals surface area contributed by atoms with Crippen molar-refractivity contribution in [2.24, 2.45) is 5.92 Å². The number of aliphatic hydroxyl groups excluding tert-OH is 10. The molecule has 44 heteroatoms. The second-order valence-electron chi connectivity index (χ2n) is 30.8. The molecule has 117 heavy (non-hydrogen) atoms. The predicted molar refractivity (Wildman–Crippen MR) is 408 cm³/mol. The summed E-state index contributed by atoms with van der Waals surface area (Å²) in [4.78, 5) is 141. The molecular formula is C73H129N9O33P2. The van der Waals surface area contributed by atoms with E-state index in [0.29, 0.717) is 122 Å². The number of phosphoric acid groups is 2. The van der Waals surface area contributed by atoms with Crippen LogP contribution in [0, 0.1) is 5.92 Å². The van der Waals surface area contributed by atoms with Crippen LogP contribution in [-0.2, 0) is 98.8 Å². The molecule has 6 aliphatic rings. The van der Waals surface area contributed by atoms with Gasteiger partial charge >= 0.3 is 15.6 Å². The van der Waals surface area contributed by atoms with E-state index in [1.54, 1.807) is 4.90 Å². The lowest BCUT2D eigenvalue weighted by atomic mass is 9.97. The minimum atomic E-state index is -4.99. The van der Waals surface area contributed by atoms with Gasteiger partial charge in [0.1, 0.15) is 73.1 Å². The molecular weight excluding hydrogens is 1590 g/mol. The summed E-state index contributed by atoms with van der Waals surface area (Å²) in [6.07, 6.45) is -10.2. The zero-order chi connectivity index (χ0) is 85.9. The Bertz CT molecular complexity index is 3180. The van der Waals surface area contributed by atoms with Crippen LogP contribution in [0.5, 0.6) is 0 Å². The van der Waals surface area contributed by atoms with Gasteiger partial charge in [-0.15, -0.1) is 0 Å². The number of amides is 9. The van der Waals surface area contributed by atoms with Crippen LogP contribution in [0.3, 0.4) is 0 Å². The molecule has 23 atom stereocenters. The quantitative estimate of drug-likeness (QED) is 0.0211. The molecule has 6 aliphatic heterocycles. The smallest absolute Gasteiger partial charge is 0.394 e. The number of hydrogen-bond donors (Lipinski definition) is 18. The van der Waals surface area contributed by atoms with Gasteiger partial charge in [-0.1, -0.05) is 26.2 Å². The van der Waals surface area contributed by atoms with Crippen molar-refractivity contribution in [3.05, 3.63) is 0 Å². The van der Waals surface area contributed by atoms with Crippen LogP contribution >= 0.6 is 15.6 Å². The number of nitrogens with zero attached hydrogens (tertiary/aromatic N) is 3. The lowest BCUT2D eigenvalue weighted by molar-refractivity contribution is -0.270. The molecule has 0 saturated carbocycles. The number of unbranched alkanes of at least 4 members (excludes halogenated alkanes) is 9. The van der Waals surface area contributed by atoms with Crippen LogP contribution < -0.4 is 31.9 Å². The third-order valence-electron chi connectivity index (χ3n) is 21.1. The zero-order valence-corrected chi connectivity index (χ0v) is 69.2. The summed E-state index contributed by atoms with van der Waals surface area (Å²) in [5, 5.41) is 117. The lowest BCUT2D eigenvalue weighted by Gasteiger charge is -2.42. The lowest BCUT2D eigenvalue weighted by Crippen LogP contribution is -2.64. The van der Waals surface area contributed by atoms with Crippen molar-refractivity contribution in [1.82, 2.24) is 46.6 Å². The summed E-state index contributed by atoms with van der Waals surface area (Å²) in [6, 6.07) is -5.65. The van der Waals surface area contributed by atoms with Gasteiger partial charge in [0.2, 0.25) is 53.2 Å². The molecule has 0 aliphatic carbocycles. The molecule has 0 bridgehead atoms. The number of ether oxygens (including phenoxy) is 6. The van der Waals surface area contributed by atoms with E-state index in [2.05, 4.69) is 31.9 Å². The Morgan fingerprint density at radius 3 is 1.00 bits per heavy atom. The summed E-state index contributed by atoms with van der Waals surface area (Å²) < 4.78 is 83.6. The first kappa shape index (κ1) is 101. The normalized spacial score (nSPS) is 30.3. The second-order valence-corrected chi connectivity index (χ2v) is 33.7. The van der Waals surface area contributed by atoms with E-state index in [0.717, 1.165) is 0 Å². The van der Waals surface area contributed by atoms with E-state index < -0.39 is 195 Å². The van der Waals surface area contributed by atoms with Gasteiger partial charge < -0.3 is 136 Å². The van der Waals surface area contributed by atoms with Gasteiger partial charge in [0.05, 0.1) is 70.0 Å². The highest BCUT2D eigenvalue weighted by Crippen LogP contribution is 2.50. The van der Waals surface area contributed by atoms with Crippen molar-refractivity contribution in [3.8, 4) is 0 Å². The zero-order valence-electron chi connectivity index (χ0n) is 67.4. The van der Waals surface area contributed by atoms with Crippen molar-refractivity contribution in [2.75, 3.05) is 98.7 Å². The van der Waals surface area contributed by atoms with Crippen molar-refractivity contribution in [3.63, 3.8) is 0 Å². The molecule has 0 spiro atoms. The molecule has 6 heterocycles. The summed E-state index contributed by atoms with van der Waals surface area (Å²) in [5.74, 6) is -3.17. The van der Waals surface area contributed by atoms with E-state index in [9.17, 15) is 113 Å². The van der Waals surface area contributed by atoms with Gasteiger partial charge in [0.25, 0.3) is 0 Å². The molecule has 6 fully saturated rings. The van der Waals surface area contributed by atoms with Gasteiger partial charge in [-0.25, -0.2) is 9.13 Å². The molecule has 0 radical (unpaired) electrons. The number of carbonyl (C=O) groups is 9. The Kier molecular flexibility index (Phi) is 44.4. The summed E-state index contributed by atoms with van der Waals surface area (Å²) in [7, 11) is -9.92. The second kappa shape index (κ2) is 51.7. The number of aliphatic hydroxyl groups is 10. The fraction of sp³-hybridized carbons (Fsp3) is 0.877. The molecule has 674 valence electrons. The van der Waals surface area contributed by atoms with Crippen LogP contribution in [0.4, 0.5) is 0 Å². The third-order valence-corrected chi connectivity index (χ3v) is 23.2. The van der Waals surface area contributed by atoms with E-state index in [-0.39, 0.29) is 133 Å². The molecule has 6 saturated heterocycles. The first-order valence-electron chi connectivity index (χ1n) is 40.8. The molecule has 9 amide bonds. The highest BCUT2D eigenvalue weighted by Gasteiger charge is 2.50. The Morgan fingerprint density at radius 2 is 0.684 bits per heavy atom. The standard InChI is InChI=1S/C73H129N9O33P2/c1-44-32-49(80(35-44)59(93)23-8-5-14-26-74-56(90)20-11-17-29-106-71-62(77-45(2)87)68(99)65(96)53(39-84)111-71)42-109-116(102,103)115-52-34-50(82(37-52)61(95)25-10-7-16-28-76-58(92)22-13-19-31-108-73-64(79-47(4)89)70(101)67(98)55(41-86)113-73)43-110-117(104,105)114-51-33-48(38-83)81(36-51)60(94)24-9-6-15-27-75-57(91)21-12-18-30-107-72-63(78-46(3)88)69(100)66(97)54(40-85)112-72/h44,48-55,62-73,83-86,96-101H,5-43H2,1-4H3,(H,74,90)(H,75,91)(H,76,92)(H,77,87)(H,78,88)(H,79,89)(H,102,103)(H,104,105)/t44-,48+,49+,50+,51-,52-,53?,54?,55?,62?,63?,64?,65?,66?,67?,68?,69?,70?,71?,72?,73?/m1/s1. The number of rotatable bonds is 53. The van der Waals surface area contributed by atoms with Crippen LogP contribution in [0.25, 0.3) is 0 Å². The highest BCUT2D eigenvalue weighted by atomic mass is 31.2. The third kappa shape index (κ3) is 34.2. The van der Waals surface area contributed by atoms with E-state index in [4.69, 9.17) is 46.5 Å². The average Bonchev–Trinajstić information content (AvgIpc) is 1.75. The maximum Gasteiger partial charge on any atom is 0.472 e. The molecule has 17 unspecified atom stereocenters. The number of carbonyl (C=O) groups excluding carboxylic acids is 9. The SMILES string of the molecule is CC(=O)NC1C(OCCCCC(=O)NCCCCCC(=O)N2C[C@H](C)C[C@H]2COP(=O)(O)O[C@@H]2C[C@@H](COP(=O)(O)O[C@@H]3C[C@@H](CO)N(C(=O)CCCCCNC(=O)CCCCOC4OC(CO)C(O)C(O)C4NC(C)=O)C3)N(C(=O)CCCCCNC(=O)CCCCOC3OC(CO)C(O)C(O)C3NC(C)=O)C2)OC(CO)C(O)C1O. The Balaban J connectivity index is 0.923. The van der Waals surface area contributed by atoms with Gasteiger partial charge in [-0.3, -0.25) is 61.2 Å². The maximum absolute atomic E-state index is 14.1. The minimum absolute atomic E-state index is 0.0171. The Morgan fingerprint density at radius 1 is 0.385 bits per heavy atom. The van der Waals surface area contributed by atoms with Crippen LogP contribution in [0.2, 0.25) is 0 Å². The van der Waals surface area contributed by atoms with Crippen molar-refractivity contribution >= 4 is 68.8 Å². The van der Waals surface area contributed by atoms with Crippen molar-refractivity contribution < 1.29 is 160 Å². The Labute approximate surface area is 681 Å². The van der Waals surface area contributed by atoms with E-state index in [1.807, 2.05) is 6.92 Å². The van der Waals surface area contributed by atoms with Gasteiger partial charge in [-0.05, 0) is 102 Å². The molecule has 0 aromatic rings. The highest BCUT2D eigenvalue weighted by molar-refractivity contribution is 7.47. The summed E-state index contributed by atoms with van der Waals surface area (Å²) >= 11 is 0. The molecule has 0 aromatic carbocycles. The average molecular weight is 1720 g/mol. The number of phosphoric ester groups is 2. The fourth-order valence-electron chi connectivity index (χ4n) is 15.0. The van der Waals surface area contributed by atoms with E-state index in [1.165, 1.54) is 30.6 Å². The maximum atomic E-state index is 14.1. The molecule has 42 nitrogen and oxygen atoms in total. The predicted octanol–water partition coefficient (Wildman–Crippen LogP) is -3.16. The number of nitrogens with one attached hydrogen (secondary N) is 6. The molecule has 6 rings (SSSR count). The number of hydrogen-bond acceptors (Lipinski definition) is 31. The van der Waals surface area contributed by atoms with Crippen molar-refractivity contribution in [2.45, 2.75) is 304 Å². The first-order chi connectivity index (χ1) is 55.7. The van der Waals surface area contributed by atoms with Gasteiger partial charge in [0.15, 0.2) is 18.9 Å². The van der Waals surface area contributed by atoms with Gasteiger partial charge in [0, 0.05) is 118 Å². The van der Waals surface area contributed by atoms with E-state index >= 15 is 0 Å².